The lowest BCUT2D eigenvalue weighted by molar-refractivity contribution is 1.14. The number of nitrogens with two attached hydrogens (primary N) is 1. The van der Waals surface area contributed by atoms with Crippen LogP contribution in [0.5, 0.6) is 0 Å². The van der Waals surface area contributed by atoms with Crippen molar-refractivity contribution in [2.75, 3.05) is 6.54 Å². The fourth-order valence-electron chi connectivity index (χ4n) is 0.499. The monoisotopic (exact) mass is 172 g/mol. The topological polar surface area (TPSA) is 38.9 Å². The molecule has 0 fully saturated rings. The molecule has 0 aromatic carbocycles. The summed E-state index contributed by atoms with van der Waals surface area (Å²) < 4.78 is 0. The number of rotatable bonds is 0. The average Bonchev–Trinajstić information content (AvgIpc) is 1.88. The predicted molar refractivity (Wildman–Crippen MR) is 48.7 cm³/mol. The Morgan fingerprint density at radius 2 is 2.18 bits per heavy atom. The fraction of sp³-hybridized carbons (Fsp3) is 0.375. The molecule has 1 heterocycles. The van der Waals surface area contributed by atoms with Crippen molar-refractivity contribution >= 4 is 11.6 Å². The summed E-state index contributed by atoms with van der Waals surface area (Å²) in [5, 5.41) is 0.560. The van der Waals surface area contributed by atoms with E-state index in [1.54, 1.807) is 6.20 Å². The number of nitrogens with zero attached hydrogens (tertiary/aromatic N) is 1. The molecule has 0 aliphatic carbocycles. The molecule has 1 rings (SSSR count). The zero-order valence-electron chi connectivity index (χ0n) is 6.84. The highest BCUT2D eigenvalue weighted by atomic mass is 35.5. The van der Waals surface area contributed by atoms with Crippen LogP contribution in [0.2, 0.25) is 5.15 Å². The van der Waals surface area contributed by atoms with Crippen molar-refractivity contribution in [3.63, 3.8) is 0 Å². The molecule has 0 atom stereocenters. The van der Waals surface area contributed by atoms with Crippen LogP contribution in [0.15, 0.2) is 18.3 Å². The molecule has 0 saturated carbocycles. The summed E-state index contributed by atoms with van der Waals surface area (Å²) in [4.78, 5) is 3.81. The van der Waals surface area contributed by atoms with E-state index in [1.165, 1.54) is 0 Å². The highest BCUT2D eigenvalue weighted by Gasteiger charge is 1.84. The molecule has 62 valence electrons. The van der Waals surface area contributed by atoms with Crippen molar-refractivity contribution in [2.45, 2.75) is 13.8 Å². The maximum Gasteiger partial charge on any atom is 0.129 e. The van der Waals surface area contributed by atoms with Crippen LogP contribution in [0, 0.1) is 6.92 Å². The number of aryl methyl sites for hydroxylation is 1. The highest BCUT2D eigenvalue weighted by Crippen LogP contribution is 2.04. The van der Waals surface area contributed by atoms with Gasteiger partial charge in [0.05, 0.1) is 0 Å². The van der Waals surface area contributed by atoms with Crippen LogP contribution >= 0.6 is 11.6 Å². The fourth-order valence-corrected chi connectivity index (χ4v) is 0.728. The Kier molecular flexibility index (Phi) is 5.80. The van der Waals surface area contributed by atoms with E-state index in [4.69, 9.17) is 17.3 Å². The molecule has 2 N–H and O–H groups in total. The molecular weight excluding hydrogens is 160 g/mol. The molecule has 0 amide bonds. The third-order valence-electron chi connectivity index (χ3n) is 0.882. The Balaban J connectivity index is 0.000000292. The Bertz CT molecular complexity index is 184. The number of pyridine rings is 1. The summed E-state index contributed by atoms with van der Waals surface area (Å²) in [6.45, 7) is 4.63. The number of halogens is 1. The summed E-state index contributed by atoms with van der Waals surface area (Å²) in [7, 11) is 0. The van der Waals surface area contributed by atoms with Crippen LogP contribution in [0.25, 0.3) is 0 Å². The van der Waals surface area contributed by atoms with Crippen molar-refractivity contribution in [3.05, 3.63) is 29.0 Å². The Hall–Kier alpha value is -0.600. The van der Waals surface area contributed by atoms with Crippen molar-refractivity contribution in [1.29, 1.82) is 0 Å². The van der Waals surface area contributed by atoms with Crippen molar-refractivity contribution in [3.8, 4) is 0 Å². The van der Waals surface area contributed by atoms with Gasteiger partial charge in [0, 0.05) is 6.20 Å². The summed E-state index contributed by atoms with van der Waals surface area (Å²) in [6.07, 6.45) is 1.69. The van der Waals surface area contributed by atoms with Crippen LogP contribution in [-0.4, -0.2) is 11.5 Å². The lowest BCUT2D eigenvalue weighted by Crippen LogP contribution is -1.87. The van der Waals surface area contributed by atoms with E-state index in [1.807, 2.05) is 26.0 Å². The molecule has 1 aromatic heterocycles. The predicted octanol–water partition coefficient (Wildman–Crippen LogP) is 2.01. The van der Waals surface area contributed by atoms with Crippen LogP contribution in [0.4, 0.5) is 0 Å². The molecule has 2 nitrogen and oxygen atoms in total. The Morgan fingerprint density at radius 1 is 1.64 bits per heavy atom. The maximum absolute atomic E-state index is 5.53. The van der Waals surface area contributed by atoms with Gasteiger partial charge in [0.15, 0.2) is 0 Å². The lowest BCUT2D eigenvalue weighted by Gasteiger charge is -1.88. The SMILES string of the molecule is CCN.Cc1ccnc(Cl)c1. The molecule has 11 heavy (non-hydrogen) atoms. The Labute approximate surface area is 72.4 Å². The second-order valence-corrected chi connectivity index (χ2v) is 2.45. The van der Waals surface area contributed by atoms with Gasteiger partial charge < -0.3 is 5.73 Å². The van der Waals surface area contributed by atoms with Gasteiger partial charge in [-0.3, -0.25) is 0 Å². The third-order valence-corrected chi connectivity index (χ3v) is 1.09. The normalized spacial score (nSPS) is 8.36. The highest BCUT2D eigenvalue weighted by molar-refractivity contribution is 6.29. The molecule has 0 aliphatic heterocycles. The van der Waals surface area contributed by atoms with Crippen molar-refractivity contribution < 1.29 is 0 Å². The number of hydrogen-bond donors (Lipinski definition) is 1. The summed E-state index contributed by atoms with van der Waals surface area (Å²) in [5.41, 5.74) is 5.99. The van der Waals surface area contributed by atoms with Gasteiger partial charge in [0.25, 0.3) is 0 Å². The van der Waals surface area contributed by atoms with Crippen LogP contribution in [0.1, 0.15) is 12.5 Å². The standard InChI is InChI=1S/C6H6ClN.C2H7N/c1-5-2-3-8-6(7)4-5;1-2-3/h2-4H,1H3;2-3H2,1H3. The number of aromatic nitrogens is 1. The summed E-state index contributed by atoms with van der Waals surface area (Å²) >= 11 is 5.53. The van der Waals surface area contributed by atoms with E-state index in [9.17, 15) is 0 Å². The van der Waals surface area contributed by atoms with E-state index < -0.39 is 0 Å². The van der Waals surface area contributed by atoms with Gasteiger partial charge in [-0.05, 0) is 31.2 Å². The van der Waals surface area contributed by atoms with Gasteiger partial charge >= 0.3 is 0 Å². The maximum atomic E-state index is 5.53. The summed E-state index contributed by atoms with van der Waals surface area (Å²) in [6, 6.07) is 3.73. The molecule has 0 unspecified atom stereocenters. The second-order valence-electron chi connectivity index (χ2n) is 2.06. The molecule has 0 spiro atoms. The first-order valence-corrected chi connectivity index (χ1v) is 3.86. The first kappa shape index (κ1) is 10.4. The minimum absolute atomic E-state index is 0.560. The summed E-state index contributed by atoms with van der Waals surface area (Å²) in [5.74, 6) is 0. The van der Waals surface area contributed by atoms with Crippen LogP contribution < -0.4 is 5.73 Å². The van der Waals surface area contributed by atoms with Gasteiger partial charge in [0.2, 0.25) is 0 Å². The smallest absolute Gasteiger partial charge is 0.129 e. The van der Waals surface area contributed by atoms with Gasteiger partial charge in [-0.1, -0.05) is 18.5 Å². The largest absolute Gasteiger partial charge is 0.331 e. The van der Waals surface area contributed by atoms with E-state index in [0.717, 1.165) is 12.1 Å². The number of hydrogen-bond acceptors (Lipinski definition) is 2. The van der Waals surface area contributed by atoms with E-state index >= 15 is 0 Å². The molecule has 0 radical (unpaired) electrons. The van der Waals surface area contributed by atoms with Crippen LogP contribution in [-0.2, 0) is 0 Å². The minimum Gasteiger partial charge on any atom is -0.331 e. The second kappa shape index (κ2) is 6.13. The van der Waals surface area contributed by atoms with Crippen LogP contribution in [0.3, 0.4) is 0 Å². The van der Waals surface area contributed by atoms with Gasteiger partial charge in [-0.2, -0.15) is 0 Å². The first-order valence-electron chi connectivity index (χ1n) is 3.49. The third kappa shape index (κ3) is 5.83. The molecule has 1 aromatic rings. The van der Waals surface area contributed by atoms with Crippen molar-refractivity contribution in [2.24, 2.45) is 5.73 Å². The molecule has 0 saturated heterocycles. The van der Waals surface area contributed by atoms with Gasteiger partial charge in [0.1, 0.15) is 5.15 Å². The molecule has 3 heteroatoms. The van der Waals surface area contributed by atoms with E-state index in [2.05, 4.69) is 4.98 Å². The Morgan fingerprint density at radius 3 is 2.45 bits per heavy atom. The first-order chi connectivity index (χ1) is 5.20. The minimum atomic E-state index is 0.560. The molecule has 0 aliphatic rings. The van der Waals surface area contributed by atoms with E-state index in [-0.39, 0.29) is 0 Å². The lowest BCUT2D eigenvalue weighted by atomic mass is 10.3. The van der Waals surface area contributed by atoms with Gasteiger partial charge in [-0.15, -0.1) is 0 Å². The molecular formula is C8H13ClN2. The average molecular weight is 173 g/mol. The van der Waals surface area contributed by atoms with Gasteiger partial charge in [-0.25, -0.2) is 4.98 Å². The quantitative estimate of drug-likeness (QED) is 0.608. The van der Waals surface area contributed by atoms with Crippen molar-refractivity contribution in [1.82, 2.24) is 4.98 Å². The van der Waals surface area contributed by atoms with E-state index in [0.29, 0.717) is 5.15 Å². The zero-order chi connectivity index (χ0) is 8.69. The zero-order valence-corrected chi connectivity index (χ0v) is 7.60. The molecule has 0 bridgehead atoms.